The average molecular weight is 454 g/mol. The Morgan fingerprint density at radius 1 is 1.10 bits per heavy atom. The van der Waals surface area contributed by atoms with Gasteiger partial charge in [-0.15, -0.1) is 4.40 Å². The van der Waals surface area contributed by atoms with Gasteiger partial charge in [0.25, 0.3) is 10.0 Å². The summed E-state index contributed by atoms with van der Waals surface area (Å²) in [6.07, 6.45) is 0. The van der Waals surface area contributed by atoms with Gasteiger partial charge in [-0.25, -0.2) is 0 Å². The molecule has 154 valence electrons. The van der Waals surface area contributed by atoms with Gasteiger partial charge in [0, 0.05) is 25.2 Å². The number of sulfonamides is 1. The standard InChI is InChI=1S/C20H21Cl2N3O3S/c1-13(2)25(11-14-8-9-16(21)17(22)10-14)19(26)12-24(3)20-15-6-4-5-7-18(15)29(27,28)23-20/h4-10,13H,11-12H2,1-3H3. The SMILES string of the molecule is CC(C)N(Cc1ccc(Cl)c(Cl)c1)C(=O)CN(C)C1=NS(=O)(=O)c2ccccc21. The summed E-state index contributed by atoms with van der Waals surface area (Å²) in [6.45, 7) is 4.19. The first-order chi connectivity index (χ1) is 13.6. The molecule has 0 N–H and O–H groups in total. The molecule has 0 fully saturated rings. The fourth-order valence-corrected chi connectivity index (χ4v) is 4.70. The molecular weight excluding hydrogens is 433 g/mol. The van der Waals surface area contributed by atoms with Crippen LogP contribution in [0.25, 0.3) is 0 Å². The maximum absolute atomic E-state index is 13.0. The van der Waals surface area contributed by atoms with E-state index >= 15 is 0 Å². The number of hydrogen-bond acceptors (Lipinski definition) is 4. The molecule has 9 heteroatoms. The summed E-state index contributed by atoms with van der Waals surface area (Å²) in [4.78, 5) is 16.4. The lowest BCUT2D eigenvalue weighted by atomic mass is 10.1. The largest absolute Gasteiger partial charge is 0.349 e. The van der Waals surface area contributed by atoms with E-state index in [1.54, 1.807) is 47.2 Å². The van der Waals surface area contributed by atoms with Gasteiger partial charge in [-0.1, -0.05) is 41.4 Å². The molecule has 2 aromatic rings. The molecule has 0 aliphatic carbocycles. The normalized spacial score (nSPS) is 14.5. The third kappa shape index (κ3) is 4.57. The van der Waals surface area contributed by atoms with E-state index in [0.29, 0.717) is 22.2 Å². The Bertz CT molecular complexity index is 1080. The van der Waals surface area contributed by atoms with Crippen molar-refractivity contribution in [2.75, 3.05) is 13.6 Å². The van der Waals surface area contributed by atoms with Crippen molar-refractivity contribution in [3.63, 3.8) is 0 Å². The van der Waals surface area contributed by atoms with Gasteiger partial charge in [-0.2, -0.15) is 8.42 Å². The van der Waals surface area contributed by atoms with E-state index in [-0.39, 0.29) is 29.2 Å². The fraction of sp³-hybridized carbons (Fsp3) is 0.300. The average Bonchev–Trinajstić information content (AvgIpc) is 2.94. The van der Waals surface area contributed by atoms with Crippen LogP contribution in [0.15, 0.2) is 51.8 Å². The molecule has 1 aliphatic heterocycles. The highest BCUT2D eigenvalue weighted by Gasteiger charge is 2.31. The van der Waals surface area contributed by atoms with Gasteiger partial charge < -0.3 is 9.80 Å². The summed E-state index contributed by atoms with van der Waals surface area (Å²) in [7, 11) is -2.08. The summed E-state index contributed by atoms with van der Waals surface area (Å²) in [5.74, 6) is 0.116. The molecule has 3 rings (SSSR count). The zero-order chi connectivity index (χ0) is 21.3. The van der Waals surface area contributed by atoms with Crippen LogP contribution in [0.2, 0.25) is 10.0 Å². The number of likely N-dealkylation sites (N-methyl/N-ethyl adjacent to an activating group) is 1. The first-order valence-electron chi connectivity index (χ1n) is 8.99. The molecule has 1 heterocycles. The number of amides is 1. The number of hydrogen-bond donors (Lipinski definition) is 0. The first kappa shape index (κ1) is 21.6. The highest BCUT2D eigenvalue weighted by molar-refractivity contribution is 7.90. The van der Waals surface area contributed by atoms with Crippen molar-refractivity contribution in [2.45, 2.75) is 31.3 Å². The predicted octanol–water partition coefficient (Wildman–Crippen LogP) is 3.81. The minimum Gasteiger partial charge on any atom is -0.349 e. The van der Waals surface area contributed by atoms with Crippen LogP contribution in [0.5, 0.6) is 0 Å². The van der Waals surface area contributed by atoms with Crippen LogP contribution in [-0.2, 0) is 21.4 Å². The number of rotatable bonds is 5. The monoisotopic (exact) mass is 453 g/mol. The van der Waals surface area contributed by atoms with Crippen molar-refractivity contribution in [3.05, 3.63) is 63.6 Å². The van der Waals surface area contributed by atoms with Gasteiger partial charge in [-0.05, 0) is 43.7 Å². The Hall–Kier alpha value is -2.09. The van der Waals surface area contributed by atoms with E-state index in [1.807, 2.05) is 19.9 Å². The molecule has 0 spiro atoms. The summed E-state index contributed by atoms with van der Waals surface area (Å²) in [5, 5.41) is 0.885. The van der Waals surface area contributed by atoms with Gasteiger partial charge in [0.15, 0.2) is 5.84 Å². The second-order valence-corrected chi connectivity index (χ2v) is 9.49. The maximum Gasteiger partial charge on any atom is 0.285 e. The Labute approximate surface area is 180 Å². The Morgan fingerprint density at radius 2 is 1.79 bits per heavy atom. The number of carbonyl (C=O) groups is 1. The minimum atomic E-state index is -3.74. The molecule has 0 atom stereocenters. The molecule has 0 unspecified atom stereocenters. The van der Waals surface area contributed by atoms with Gasteiger partial charge in [0.05, 0.1) is 16.6 Å². The van der Waals surface area contributed by atoms with E-state index in [4.69, 9.17) is 23.2 Å². The highest BCUT2D eigenvalue weighted by atomic mass is 35.5. The molecule has 2 aromatic carbocycles. The zero-order valence-electron chi connectivity index (χ0n) is 16.3. The summed E-state index contributed by atoms with van der Waals surface area (Å²) < 4.78 is 28.4. The minimum absolute atomic E-state index is 0.0117. The topological polar surface area (TPSA) is 70.1 Å². The lowest BCUT2D eigenvalue weighted by Crippen LogP contribution is -2.43. The van der Waals surface area contributed by atoms with E-state index in [0.717, 1.165) is 5.56 Å². The van der Waals surface area contributed by atoms with Crippen LogP contribution in [0, 0.1) is 0 Å². The lowest BCUT2D eigenvalue weighted by Gasteiger charge is -2.29. The summed E-state index contributed by atoms with van der Waals surface area (Å²) in [6, 6.07) is 11.8. The molecule has 1 amide bonds. The summed E-state index contributed by atoms with van der Waals surface area (Å²) in [5.41, 5.74) is 1.36. The molecule has 1 aliphatic rings. The Balaban J connectivity index is 1.79. The number of fused-ring (bicyclic) bond motifs is 1. The van der Waals surface area contributed by atoms with Gasteiger partial charge in [0.1, 0.15) is 4.90 Å². The van der Waals surface area contributed by atoms with E-state index in [2.05, 4.69) is 4.40 Å². The number of benzene rings is 2. The number of halogens is 2. The Morgan fingerprint density at radius 3 is 2.45 bits per heavy atom. The summed E-state index contributed by atoms with van der Waals surface area (Å²) >= 11 is 12.1. The smallest absolute Gasteiger partial charge is 0.285 e. The molecule has 6 nitrogen and oxygen atoms in total. The van der Waals surface area contributed by atoms with E-state index in [1.165, 1.54) is 6.07 Å². The third-order valence-electron chi connectivity index (χ3n) is 4.63. The number of nitrogens with zero attached hydrogens (tertiary/aromatic N) is 3. The molecular formula is C20H21Cl2N3O3S. The van der Waals surface area contributed by atoms with Crippen molar-refractivity contribution in [1.29, 1.82) is 0 Å². The molecule has 0 radical (unpaired) electrons. The van der Waals surface area contributed by atoms with Gasteiger partial charge in [0.2, 0.25) is 5.91 Å². The molecule has 29 heavy (non-hydrogen) atoms. The maximum atomic E-state index is 13.0. The molecule has 0 saturated carbocycles. The highest BCUT2D eigenvalue weighted by Crippen LogP contribution is 2.27. The van der Waals surface area contributed by atoms with Crippen LogP contribution in [0.3, 0.4) is 0 Å². The Kier molecular flexibility index (Phi) is 6.22. The molecule has 0 bridgehead atoms. The van der Waals surface area contributed by atoms with Crippen molar-refractivity contribution in [2.24, 2.45) is 4.40 Å². The van der Waals surface area contributed by atoms with Crippen LogP contribution < -0.4 is 0 Å². The van der Waals surface area contributed by atoms with E-state index < -0.39 is 10.0 Å². The van der Waals surface area contributed by atoms with Crippen molar-refractivity contribution >= 4 is 45.0 Å². The predicted molar refractivity (Wildman–Crippen MR) is 115 cm³/mol. The lowest BCUT2D eigenvalue weighted by molar-refractivity contribution is -0.133. The zero-order valence-corrected chi connectivity index (χ0v) is 18.6. The van der Waals surface area contributed by atoms with Crippen LogP contribution in [-0.4, -0.2) is 49.6 Å². The van der Waals surface area contributed by atoms with Gasteiger partial charge in [-0.3, -0.25) is 4.79 Å². The van der Waals surface area contributed by atoms with Crippen LogP contribution in [0.4, 0.5) is 0 Å². The quantitative estimate of drug-likeness (QED) is 0.689. The second kappa shape index (κ2) is 8.34. The first-order valence-corrected chi connectivity index (χ1v) is 11.2. The second-order valence-electron chi connectivity index (χ2n) is 7.11. The third-order valence-corrected chi connectivity index (χ3v) is 6.69. The van der Waals surface area contributed by atoms with Crippen molar-refractivity contribution < 1.29 is 13.2 Å². The van der Waals surface area contributed by atoms with Gasteiger partial charge >= 0.3 is 0 Å². The molecule has 0 saturated heterocycles. The van der Waals surface area contributed by atoms with Crippen LogP contribution >= 0.6 is 23.2 Å². The molecule has 0 aromatic heterocycles. The number of carbonyl (C=O) groups excluding carboxylic acids is 1. The number of amidine groups is 1. The van der Waals surface area contributed by atoms with Crippen molar-refractivity contribution in [3.8, 4) is 0 Å². The van der Waals surface area contributed by atoms with Crippen molar-refractivity contribution in [1.82, 2.24) is 9.80 Å². The van der Waals surface area contributed by atoms with Crippen LogP contribution in [0.1, 0.15) is 25.0 Å². The fourth-order valence-electron chi connectivity index (χ4n) is 3.13. The van der Waals surface area contributed by atoms with E-state index in [9.17, 15) is 13.2 Å².